The van der Waals surface area contributed by atoms with Crippen molar-refractivity contribution in [2.24, 2.45) is 0 Å². The van der Waals surface area contributed by atoms with Crippen LogP contribution in [0.4, 0.5) is 0 Å². The molecule has 0 aliphatic rings. The van der Waals surface area contributed by atoms with Gasteiger partial charge in [0.05, 0.1) is 9.85 Å². The second kappa shape index (κ2) is 7.24. The number of nitrogens with one attached hydrogen (secondary N) is 1. The highest BCUT2D eigenvalue weighted by Crippen LogP contribution is 2.26. The quantitative estimate of drug-likeness (QED) is 0.677. The number of rotatable bonds is 5. The Bertz CT molecular complexity index is 723. The summed E-state index contributed by atoms with van der Waals surface area (Å²) in [5.74, 6) is 0. The molecule has 0 aromatic heterocycles. The van der Waals surface area contributed by atoms with Crippen molar-refractivity contribution < 1.29 is 8.42 Å². The van der Waals surface area contributed by atoms with Crippen LogP contribution in [0.25, 0.3) is 0 Å². The first-order valence-electron chi connectivity index (χ1n) is 6.04. The first-order valence-corrected chi connectivity index (χ1v) is 9.61. The molecule has 0 aliphatic heterocycles. The van der Waals surface area contributed by atoms with Crippen LogP contribution in [0.5, 0.6) is 0 Å². The van der Waals surface area contributed by atoms with Crippen molar-refractivity contribution >= 4 is 53.5 Å². The number of alkyl halides is 1. The van der Waals surface area contributed by atoms with E-state index in [1.54, 1.807) is 12.1 Å². The Kier molecular flexibility index (Phi) is 5.85. The van der Waals surface area contributed by atoms with E-state index in [2.05, 4.69) is 36.6 Å². The van der Waals surface area contributed by atoms with Crippen LogP contribution < -0.4 is 4.72 Å². The van der Waals surface area contributed by atoms with Crippen molar-refractivity contribution in [2.75, 3.05) is 6.54 Å². The van der Waals surface area contributed by atoms with E-state index in [1.807, 2.05) is 30.3 Å². The fraction of sp³-hybridized carbons (Fsp3) is 0.143. The maximum atomic E-state index is 12.3. The van der Waals surface area contributed by atoms with Crippen molar-refractivity contribution in [1.82, 2.24) is 4.72 Å². The van der Waals surface area contributed by atoms with Gasteiger partial charge in [0.15, 0.2) is 0 Å². The van der Waals surface area contributed by atoms with Gasteiger partial charge in [-0.1, -0.05) is 73.8 Å². The van der Waals surface area contributed by atoms with Crippen LogP contribution in [-0.2, 0) is 10.0 Å². The molecule has 3 nitrogen and oxygen atoms in total. The minimum atomic E-state index is -3.64. The molecule has 1 N–H and O–H groups in total. The minimum Gasteiger partial charge on any atom is -0.210 e. The molecule has 0 saturated carbocycles. The molecule has 0 fully saturated rings. The van der Waals surface area contributed by atoms with E-state index in [-0.39, 0.29) is 21.3 Å². The second-order valence-corrected chi connectivity index (χ2v) is 8.47. The first-order chi connectivity index (χ1) is 9.90. The molecule has 2 rings (SSSR count). The second-order valence-electron chi connectivity index (χ2n) is 4.30. The van der Waals surface area contributed by atoms with Crippen molar-refractivity contribution in [1.29, 1.82) is 0 Å². The average molecular weight is 454 g/mol. The molecule has 0 spiro atoms. The molecule has 0 bridgehead atoms. The highest BCUT2D eigenvalue weighted by Gasteiger charge is 2.19. The molecule has 2 aromatic carbocycles. The molecule has 21 heavy (non-hydrogen) atoms. The Labute approximate surface area is 146 Å². The van der Waals surface area contributed by atoms with Crippen LogP contribution in [0.3, 0.4) is 0 Å². The van der Waals surface area contributed by atoms with Gasteiger partial charge in [-0.2, -0.15) is 0 Å². The molecular formula is C14H12Br2ClNO2S. The van der Waals surface area contributed by atoms with Crippen molar-refractivity contribution in [3.8, 4) is 0 Å². The number of hydrogen-bond donors (Lipinski definition) is 1. The van der Waals surface area contributed by atoms with Gasteiger partial charge in [0.1, 0.15) is 4.90 Å². The minimum absolute atomic E-state index is 0.0696. The SMILES string of the molecule is O=S(=O)(NCC(Br)c1ccccc1)c1ccc(Br)cc1Cl. The summed E-state index contributed by atoms with van der Waals surface area (Å²) < 4.78 is 27.8. The molecule has 2 aromatic rings. The van der Waals surface area contributed by atoms with Gasteiger partial charge in [0, 0.05) is 11.0 Å². The van der Waals surface area contributed by atoms with Crippen LogP contribution in [0.2, 0.25) is 5.02 Å². The Hall–Kier alpha value is -0.400. The number of hydrogen-bond acceptors (Lipinski definition) is 2. The standard InChI is InChI=1S/C14H12Br2ClNO2S/c15-11-6-7-14(13(17)8-11)21(19,20)18-9-12(16)10-4-2-1-3-5-10/h1-8,12,18H,9H2. The predicted octanol–water partition coefficient (Wildman–Crippen LogP) is 4.52. The van der Waals surface area contributed by atoms with E-state index in [9.17, 15) is 8.42 Å². The summed E-state index contributed by atoms with van der Waals surface area (Å²) in [5.41, 5.74) is 1.00. The molecule has 0 heterocycles. The Morgan fingerprint density at radius 1 is 1.14 bits per heavy atom. The Morgan fingerprint density at radius 3 is 2.43 bits per heavy atom. The number of sulfonamides is 1. The number of benzene rings is 2. The summed E-state index contributed by atoms with van der Waals surface area (Å²) in [6.45, 7) is 0.235. The van der Waals surface area contributed by atoms with Gasteiger partial charge in [-0.3, -0.25) is 0 Å². The van der Waals surface area contributed by atoms with Crippen LogP contribution in [0.1, 0.15) is 10.4 Å². The van der Waals surface area contributed by atoms with Crippen LogP contribution >= 0.6 is 43.5 Å². The predicted molar refractivity (Wildman–Crippen MR) is 92.5 cm³/mol. The maximum absolute atomic E-state index is 12.3. The van der Waals surface area contributed by atoms with Crippen LogP contribution in [-0.4, -0.2) is 15.0 Å². The van der Waals surface area contributed by atoms with Gasteiger partial charge in [-0.25, -0.2) is 13.1 Å². The molecule has 0 amide bonds. The van der Waals surface area contributed by atoms with E-state index >= 15 is 0 Å². The summed E-state index contributed by atoms with van der Waals surface area (Å²) in [7, 11) is -3.64. The lowest BCUT2D eigenvalue weighted by Crippen LogP contribution is -2.27. The smallest absolute Gasteiger partial charge is 0.210 e. The third-order valence-electron chi connectivity index (χ3n) is 2.80. The maximum Gasteiger partial charge on any atom is 0.242 e. The molecule has 112 valence electrons. The van der Waals surface area contributed by atoms with Gasteiger partial charge >= 0.3 is 0 Å². The van der Waals surface area contributed by atoms with Gasteiger partial charge < -0.3 is 0 Å². The fourth-order valence-corrected chi connectivity index (χ4v) is 4.50. The summed E-state index contributed by atoms with van der Waals surface area (Å²) in [6.07, 6.45) is 0. The molecule has 7 heteroatoms. The Balaban J connectivity index is 2.11. The van der Waals surface area contributed by atoms with Gasteiger partial charge in [-0.15, -0.1) is 0 Å². The topological polar surface area (TPSA) is 46.2 Å². The molecule has 0 aliphatic carbocycles. The molecule has 1 atom stereocenters. The highest BCUT2D eigenvalue weighted by molar-refractivity contribution is 9.10. The van der Waals surface area contributed by atoms with Crippen molar-refractivity contribution in [3.05, 3.63) is 63.6 Å². The zero-order valence-corrected chi connectivity index (χ0v) is 15.5. The Morgan fingerprint density at radius 2 is 1.81 bits per heavy atom. The monoisotopic (exact) mass is 451 g/mol. The van der Waals surface area contributed by atoms with E-state index < -0.39 is 10.0 Å². The third-order valence-corrected chi connectivity index (χ3v) is 6.05. The average Bonchev–Trinajstić information content (AvgIpc) is 2.45. The lowest BCUT2D eigenvalue weighted by Gasteiger charge is -2.13. The van der Waals surface area contributed by atoms with Gasteiger partial charge in [0.2, 0.25) is 10.0 Å². The van der Waals surface area contributed by atoms with Crippen molar-refractivity contribution in [3.63, 3.8) is 0 Å². The molecular weight excluding hydrogens is 441 g/mol. The lowest BCUT2D eigenvalue weighted by molar-refractivity contribution is 0.581. The van der Waals surface area contributed by atoms with Gasteiger partial charge in [-0.05, 0) is 23.8 Å². The molecule has 1 unspecified atom stereocenters. The lowest BCUT2D eigenvalue weighted by atomic mass is 10.2. The largest absolute Gasteiger partial charge is 0.242 e. The van der Waals surface area contributed by atoms with E-state index in [1.165, 1.54) is 6.07 Å². The summed E-state index contributed by atoms with van der Waals surface area (Å²) >= 11 is 12.7. The van der Waals surface area contributed by atoms with E-state index in [4.69, 9.17) is 11.6 Å². The zero-order valence-electron chi connectivity index (χ0n) is 10.8. The van der Waals surface area contributed by atoms with Gasteiger partial charge in [0.25, 0.3) is 0 Å². The van der Waals surface area contributed by atoms with E-state index in [0.29, 0.717) is 0 Å². The normalized spacial score (nSPS) is 13.1. The van der Waals surface area contributed by atoms with Crippen molar-refractivity contribution in [2.45, 2.75) is 9.72 Å². The van der Waals surface area contributed by atoms with Crippen LogP contribution in [0, 0.1) is 0 Å². The highest BCUT2D eigenvalue weighted by atomic mass is 79.9. The summed E-state index contributed by atoms with van der Waals surface area (Å²) in [4.78, 5) is -0.0390. The molecule has 0 radical (unpaired) electrons. The van der Waals surface area contributed by atoms with Crippen LogP contribution in [0.15, 0.2) is 57.9 Å². The summed E-state index contributed by atoms with van der Waals surface area (Å²) in [6, 6.07) is 14.3. The zero-order chi connectivity index (χ0) is 15.5. The first kappa shape index (κ1) is 17.0. The van der Waals surface area contributed by atoms with E-state index in [0.717, 1.165) is 10.0 Å². The summed E-state index contributed by atoms with van der Waals surface area (Å²) in [5, 5.41) is 0.183. The molecule has 0 saturated heterocycles. The fourth-order valence-electron chi connectivity index (χ4n) is 1.73. The third kappa shape index (κ3) is 4.53. The number of halogens is 3.